The summed E-state index contributed by atoms with van der Waals surface area (Å²) in [4.78, 5) is 0. The fraction of sp³-hybridized carbons (Fsp3) is 0.294. The predicted molar refractivity (Wildman–Crippen MR) is 77.6 cm³/mol. The van der Waals surface area contributed by atoms with Crippen LogP contribution in [0, 0.1) is 11.6 Å². The SMILES string of the molecule is CCc1ccc(CC)c(C(N)c2ccc(F)cc2F)c1. The van der Waals surface area contributed by atoms with Crippen LogP contribution in [0.4, 0.5) is 8.78 Å². The number of rotatable bonds is 4. The zero-order valence-corrected chi connectivity index (χ0v) is 11.8. The molecule has 0 amide bonds. The van der Waals surface area contributed by atoms with Crippen LogP contribution in [0.25, 0.3) is 0 Å². The lowest BCUT2D eigenvalue weighted by atomic mass is 9.91. The molecule has 1 atom stereocenters. The molecule has 2 aromatic rings. The summed E-state index contributed by atoms with van der Waals surface area (Å²) in [6.45, 7) is 4.10. The van der Waals surface area contributed by atoms with E-state index in [4.69, 9.17) is 5.73 Å². The van der Waals surface area contributed by atoms with Crippen LogP contribution in [0.1, 0.15) is 42.1 Å². The number of nitrogens with two attached hydrogens (primary N) is 1. The molecule has 0 aliphatic carbocycles. The van der Waals surface area contributed by atoms with Gasteiger partial charge in [0.1, 0.15) is 11.6 Å². The van der Waals surface area contributed by atoms with E-state index in [1.54, 1.807) is 0 Å². The van der Waals surface area contributed by atoms with Crippen molar-refractivity contribution in [2.75, 3.05) is 0 Å². The first-order valence-corrected chi connectivity index (χ1v) is 6.89. The van der Waals surface area contributed by atoms with Crippen molar-refractivity contribution >= 4 is 0 Å². The number of hydrogen-bond acceptors (Lipinski definition) is 1. The van der Waals surface area contributed by atoms with Gasteiger partial charge in [-0.2, -0.15) is 0 Å². The van der Waals surface area contributed by atoms with E-state index in [0.29, 0.717) is 5.56 Å². The molecule has 0 fully saturated rings. The highest BCUT2D eigenvalue weighted by Crippen LogP contribution is 2.27. The third-order valence-electron chi connectivity index (χ3n) is 3.63. The molecule has 1 unspecified atom stereocenters. The van der Waals surface area contributed by atoms with Crippen LogP contribution in [-0.4, -0.2) is 0 Å². The van der Waals surface area contributed by atoms with E-state index in [0.717, 1.165) is 35.6 Å². The van der Waals surface area contributed by atoms with Crippen molar-refractivity contribution in [1.82, 2.24) is 0 Å². The highest BCUT2D eigenvalue weighted by atomic mass is 19.1. The second-order valence-electron chi connectivity index (χ2n) is 4.88. The van der Waals surface area contributed by atoms with Crippen molar-refractivity contribution in [3.63, 3.8) is 0 Å². The maximum atomic E-state index is 13.9. The van der Waals surface area contributed by atoms with Crippen molar-refractivity contribution in [3.05, 3.63) is 70.3 Å². The van der Waals surface area contributed by atoms with Crippen molar-refractivity contribution in [2.45, 2.75) is 32.7 Å². The fourth-order valence-corrected chi connectivity index (χ4v) is 2.40. The first-order valence-electron chi connectivity index (χ1n) is 6.89. The molecule has 2 N–H and O–H groups in total. The summed E-state index contributed by atoms with van der Waals surface area (Å²) in [6.07, 6.45) is 1.73. The molecule has 3 heteroatoms. The molecule has 0 saturated heterocycles. The van der Waals surface area contributed by atoms with Gasteiger partial charge in [-0.1, -0.05) is 38.1 Å². The number of aryl methyl sites for hydroxylation is 2. The molecule has 0 saturated carbocycles. The lowest BCUT2D eigenvalue weighted by Gasteiger charge is -2.18. The minimum atomic E-state index is -0.596. The van der Waals surface area contributed by atoms with Gasteiger partial charge in [-0.25, -0.2) is 8.78 Å². The Balaban J connectivity index is 2.48. The average molecular weight is 275 g/mol. The second-order valence-corrected chi connectivity index (χ2v) is 4.88. The molecule has 1 nitrogen and oxygen atoms in total. The highest BCUT2D eigenvalue weighted by Gasteiger charge is 2.17. The summed E-state index contributed by atoms with van der Waals surface area (Å²) < 4.78 is 26.9. The Labute approximate surface area is 118 Å². The summed E-state index contributed by atoms with van der Waals surface area (Å²) in [7, 11) is 0. The molecule has 2 aromatic carbocycles. The monoisotopic (exact) mass is 275 g/mol. The van der Waals surface area contributed by atoms with Gasteiger partial charge in [0, 0.05) is 11.6 Å². The minimum Gasteiger partial charge on any atom is -0.320 e. The standard InChI is InChI=1S/C17H19F2N/c1-3-11-5-6-12(4-2)15(9-11)17(20)14-8-7-13(18)10-16(14)19/h5-10,17H,3-4,20H2,1-2H3. The Kier molecular flexibility index (Phi) is 4.50. The van der Waals surface area contributed by atoms with Crippen LogP contribution in [0.2, 0.25) is 0 Å². The minimum absolute atomic E-state index is 0.328. The van der Waals surface area contributed by atoms with E-state index >= 15 is 0 Å². The van der Waals surface area contributed by atoms with Crippen molar-refractivity contribution in [2.24, 2.45) is 5.73 Å². The third-order valence-corrected chi connectivity index (χ3v) is 3.63. The molecule has 20 heavy (non-hydrogen) atoms. The molecule has 0 aromatic heterocycles. The Morgan fingerprint density at radius 2 is 1.70 bits per heavy atom. The molecule has 0 spiro atoms. The van der Waals surface area contributed by atoms with Gasteiger partial charge in [-0.05, 0) is 35.6 Å². The molecular weight excluding hydrogens is 256 g/mol. The largest absolute Gasteiger partial charge is 0.320 e. The van der Waals surface area contributed by atoms with E-state index in [9.17, 15) is 8.78 Å². The fourth-order valence-electron chi connectivity index (χ4n) is 2.40. The molecule has 0 heterocycles. The van der Waals surface area contributed by atoms with E-state index in [1.165, 1.54) is 12.1 Å². The first kappa shape index (κ1) is 14.7. The van der Waals surface area contributed by atoms with Crippen molar-refractivity contribution < 1.29 is 8.78 Å². The molecule has 106 valence electrons. The Morgan fingerprint density at radius 1 is 0.950 bits per heavy atom. The number of benzene rings is 2. The Bertz CT molecular complexity index is 608. The smallest absolute Gasteiger partial charge is 0.131 e. The quantitative estimate of drug-likeness (QED) is 0.891. The number of halogens is 2. The van der Waals surface area contributed by atoms with Gasteiger partial charge in [0.25, 0.3) is 0 Å². The molecule has 0 bridgehead atoms. The Morgan fingerprint density at radius 3 is 2.30 bits per heavy atom. The predicted octanol–water partition coefficient (Wildman–Crippen LogP) is 4.14. The molecule has 0 radical (unpaired) electrons. The average Bonchev–Trinajstić information content (AvgIpc) is 2.46. The van der Waals surface area contributed by atoms with Crippen LogP contribution >= 0.6 is 0 Å². The van der Waals surface area contributed by atoms with Gasteiger partial charge in [-0.15, -0.1) is 0 Å². The summed E-state index contributed by atoms with van der Waals surface area (Å²) in [5.74, 6) is -1.18. The van der Waals surface area contributed by atoms with Crippen LogP contribution < -0.4 is 5.73 Å². The maximum absolute atomic E-state index is 13.9. The van der Waals surface area contributed by atoms with Crippen LogP contribution in [0.15, 0.2) is 36.4 Å². The molecule has 0 aliphatic heterocycles. The van der Waals surface area contributed by atoms with Crippen molar-refractivity contribution in [3.8, 4) is 0 Å². The zero-order valence-electron chi connectivity index (χ0n) is 11.8. The second kappa shape index (κ2) is 6.14. The van der Waals surface area contributed by atoms with Crippen LogP contribution in [-0.2, 0) is 12.8 Å². The van der Waals surface area contributed by atoms with Crippen molar-refractivity contribution in [1.29, 1.82) is 0 Å². The van der Waals surface area contributed by atoms with Gasteiger partial charge >= 0.3 is 0 Å². The number of hydrogen-bond donors (Lipinski definition) is 1. The molecular formula is C17H19F2N. The van der Waals surface area contributed by atoms with E-state index < -0.39 is 17.7 Å². The van der Waals surface area contributed by atoms with E-state index in [2.05, 4.69) is 13.0 Å². The highest BCUT2D eigenvalue weighted by molar-refractivity contribution is 5.40. The lowest BCUT2D eigenvalue weighted by Crippen LogP contribution is -2.16. The third kappa shape index (κ3) is 2.88. The normalized spacial score (nSPS) is 12.4. The first-order chi connectivity index (χ1) is 9.56. The Hall–Kier alpha value is -1.74. The van der Waals surface area contributed by atoms with Gasteiger partial charge in [0.2, 0.25) is 0 Å². The van der Waals surface area contributed by atoms with Crippen LogP contribution in [0.5, 0.6) is 0 Å². The van der Waals surface area contributed by atoms with Crippen LogP contribution in [0.3, 0.4) is 0 Å². The summed E-state index contributed by atoms with van der Waals surface area (Å²) in [5.41, 5.74) is 9.71. The summed E-state index contributed by atoms with van der Waals surface area (Å²) in [5, 5.41) is 0. The van der Waals surface area contributed by atoms with Gasteiger partial charge in [-0.3, -0.25) is 0 Å². The maximum Gasteiger partial charge on any atom is 0.131 e. The van der Waals surface area contributed by atoms with Gasteiger partial charge in [0.05, 0.1) is 6.04 Å². The zero-order chi connectivity index (χ0) is 14.7. The van der Waals surface area contributed by atoms with E-state index in [-0.39, 0.29) is 0 Å². The molecule has 2 rings (SSSR count). The topological polar surface area (TPSA) is 26.0 Å². The van der Waals surface area contributed by atoms with Gasteiger partial charge in [0.15, 0.2) is 0 Å². The van der Waals surface area contributed by atoms with Gasteiger partial charge < -0.3 is 5.73 Å². The summed E-state index contributed by atoms with van der Waals surface area (Å²) >= 11 is 0. The summed E-state index contributed by atoms with van der Waals surface area (Å²) in [6, 6.07) is 9.10. The van der Waals surface area contributed by atoms with E-state index in [1.807, 2.05) is 19.1 Å². The lowest BCUT2D eigenvalue weighted by molar-refractivity contribution is 0.565. The molecule has 0 aliphatic rings.